The molecule has 10 heteroatoms. The molecule has 1 rings (SSSR count). The molecule has 0 aromatic heterocycles. The number of benzene rings is 1. The molecule has 0 amide bonds. The SMILES string of the molecule is CCON(CC(O)CS(=O)(=O)O)c1cc(OC)cc(OC)c1.[NaH]. The van der Waals surface area contributed by atoms with Crippen LogP contribution in [-0.4, -0.2) is 86.9 Å². The van der Waals surface area contributed by atoms with Gasteiger partial charge >= 0.3 is 29.6 Å². The topological polar surface area (TPSA) is 106 Å². The summed E-state index contributed by atoms with van der Waals surface area (Å²) in [5.41, 5.74) is 0.521. The Morgan fingerprint density at radius 1 is 1.17 bits per heavy atom. The summed E-state index contributed by atoms with van der Waals surface area (Å²) in [5.74, 6) is 0.254. The molecule has 0 aliphatic rings. The number of rotatable bonds is 9. The summed E-state index contributed by atoms with van der Waals surface area (Å²) in [6.45, 7) is 1.90. The first-order valence-corrected chi connectivity index (χ1v) is 8.16. The van der Waals surface area contributed by atoms with Crippen LogP contribution in [0.2, 0.25) is 0 Å². The van der Waals surface area contributed by atoms with Crippen molar-refractivity contribution in [3.8, 4) is 11.5 Å². The third-order valence-electron chi connectivity index (χ3n) is 2.69. The number of ether oxygens (including phenoxy) is 2. The Bertz CT molecular complexity index is 559. The van der Waals surface area contributed by atoms with Crippen molar-refractivity contribution in [2.75, 3.05) is 38.2 Å². The van der Waals surface area contributed by atoms with Crippen LogP contribution in [0.25, 0.3) is 0 Å². The standard InChI is InChI=1S/C13H21NO7S.Na.H/c1-4-21-14(8-11(15)9-22(16,17)18)10-5-12(19-2)7-13(6-10)20-3;;/h5-7,11,15H,4,8-9H2,1-3H3,(H,16,17,18);;. The Hall–Kier alpha value is -0.550. The number of aliphatic hydroxyl groups excluding tert-OH is 1. The van der Waals surface area contributed by atoms with Crippen molar-refractivity contribution in [1.82, 2.24) is 0 Å². The molecule has 0 heterocycles. The average molecular weight is 359 g/mol. The van der Waals surface area contributed by atoms with Gasteiger partial charge in [-0.3, -0.25) is 14.5 Å². The van der Waals surface area contributed by atoms with E-state index in [2.05, 4.69) is 0 Å². The second kappa shape index (κ2) is 10.3. The van der Waals surface area contributed by atoms with Gasteiger partial charge in [-0.05, 0) is 6.92 Å². The van der Waals surface area contributed by atoms with E-state index in [0.29, 0.717) is 23.8 Å². The summed E-state index contributed by atoms with van der Waals surface area (Å²) in [7, 11) is -1.28. The van der Waals surface area contributed by atoms with Gasteiger partial charge in [0.25, 0.3) is 10.1 Å². The van der Waals surface area contributed by atoms with E-state index in [4.69, 9.17) is 18.9 Å². The molecular formula is C13H22NNaO7S. The van der Waals surface area contributed by atoms with Crippen LogP contribution in [0.5, 0.6) is 11.5 Å². The van der Waals surface area contributed by atoms with Gasteiger partial charge in [-0.2, -0.15) is 8.42 Å². The van der Waals surface area contributed by atoms with Gasteiger partial charge in [0, 0.05) is 18.2 Å². The number of hydrogen-bond acceptors (Lipinski definition) is 7. The quantitative estimate of drug-likeness (QED) is 0.362. The Labute approximate surface area is 158 Å². The second-order valence-corrected chi connectivity index (χ2v) is 5.95. The van der Waals surface area contributed by atoms with Gasteiger partial charge in [0.2, 0.25) is 0 Å². The molecule has 0 saturated heterocycles. The monoisotopic (exact) mass is 359 g/mol. The molecule has 1 atom stereocenters. The van der Waals surface area contributed by atoms with Gasteiger partial charge in [-0.1, -0.05) is 0 Å². The molecule has 2 N–H and O–H groups in total. The Kier molecular flexibility index (Phi) is 10.1. The summed E-state index contributed by atoms with van der Waals surface area (Å²) < 4.78 is 40.7. The number of methoxy groups -OCH3 is 2. The van der Waals surface area contributed by atoms with Crippen molar-refractivity contribution in [3.63, 3.8) is 0 Å². The second-order valence-electron chi connectivity index (χ2n) is 4.45. The molecule has 0 aliphatic carbocycles. The summed E-state index contributed by atoms with van der Waals surface area (Å²) in [6, 6.07) is 4.97. The number of hydrogen-bond donors (Lipinski definition) is 2. The van der Waals surface area contributed by atoms with E-state index in [1.54, 1.807) is 25.1 Å². The summed E-state index contributed by atoms with van der Waals surface area (Å²) >= 11 is 0. The van der Waals surface area contributed by atoms with Crippen LogP contribution in [-0.2, 0) is 15.0 Å². The third kappa shape index (κ3) is 8.20. The van der Waals surface area contributed by atoms with Crippen LogP contribution in [0.4, 0.5) is 5.69 Å². The van der Waals surface area contributed by atoms with E-state index in [-0.39, 0.29) is 36.1 Å². The first kappa shape index (κ1) is 22.4. The summed E-state index contributed by atoms with van der Waals surface area (Å²) in [4.78, 5) is 5.40. The van der Waals surface area contributed by atoms with Crippen LogP contribution >= 0.6 is 0 Å². The normalized spacial score (nSPS) is 12.2. The molecule has 0 bridgehead atoms. The fourth-order valence-electron chi connectivity index (χ4n) is 1.81. The maximum atomic E-state index is 10.8. The average Bonchev–Trinajstić information content (AvgIpc) is 2.44. The molecule has 1 unspecified atom stereocenters. The molecule has 128 valence electrons. The predicted octanol–water partition coefficient (Wildman–Crippen LogP) is 0.0619. The third-order valence-corrected chi connectivity index (χ3v) is 3.49. The van der Waals surface area contributed by atoms with E-state index in [9.17, 15) is 13.5 Å². The zero-order valence-corrected chi connectivity index (χ0v) is 13.5. The van der Waals surface area contributed by atoms with Gasteiger partial charge in [0.05, 0.1) is 39.2 Å². The molecule has 8 nitrogen and oxygen atoms in total. The molecule has 0 saturated carbocycles. The van der Waals surface area contributed by atoms with Crippen LogP contribution in [0.1, 0.15) is 6.92 Å². The van der Waals surface area contributed by atoms with Crippen LogP contribution in [0.15, 0.2) is 18.2 Å². The number of hydroxylamine groups is 1. The van der Waals surface area contributed by atoms with Crippen LogP contribution in [0, 0.1) is 0 Å². The number of anilines is 1. The molecule has 0 aliphatic heterocycles. The van der Waals surface area contributed by atoms with Gasteiger partial charge in [0.1, 0.15) is 17.3 Å². The molecule has 1 aromatic rings. The molecule has 0 spiro atoms. The van der Waals surface area contributed by atoms with Crippen molar-refractivity contribution < 1.29 is 32.4 Å². The van der Waals surface area contributed by atoms with Crippen molar-refractivity contribution in [2.24, 2.45) is 0 Å². The van der Waals surface area contributed by atoms with Crippen molar-refractivity contribution >= 4 is 45.4 Å². The van der Waals surface area contributed by atoms with E-state index in [1.165, 1.54) is 19.3 Å². The molecule has 0 radical (unpaired) electrons. The van der Waals surface area contributed by atoms with Gasteiger partial charge in [-0.25, -0.2) is 0 Å². The summed E-state index contributed by atoms with van der Waals surface area (Å²) in [5, 5.41) is 11.1. The van der Waals surface area contributed by atoms with E-state index < -0.39 is 22.0 Å². The fourth-order valence-corrected chi connectivity index (χ4v) is 2.40. The number of aliphatic hydroxyl groups is 1. The molecule has 1 aromatic carbocycles. The first-order valence-electron chi connectivity index (χ1n) is 6.55. The zero-order valence-electron chi connectivity index (χ0n) is 12.7. The van der Waals surface area contributed by atoms with Gasteiger partial charge in [0.15, 0.2) is 0 Å². The van der Waals surface area contributed by atoms with E-state index in [1.807, 2.05) is 0 Å². The number of nitrogens with zero attached hydrogens (tertiary/aromatic N) is 1. The minimum atomic E-state index is -4.27. The van der Waals surface area contributed by atoms with Crippen molar-refractivity contribution in [3.05, 3.63) is 18.2 Å². The Balaban J connectivity index is 0.00000484. The van der Waals surface area contributed by atoms with Crippen LogP contribution in [0.3, 0.4) is 0 Å². The van der Waals surface area contributed by atoms with Crippen LogP contribution < -0.4 is 14.5 Å². The zero-order chi connectivity index (χ0) is 16.8. The van der Waals surface area contributed by atoms with Gasteiger partial charge < -0.3 is 14.6 Å². The molecular weight excluding hydrogens is 337 g/mol. The molecule has 0 fully saturated rings. The predicted molar refractivity (Wildman–Crippen MR) is 88.1 cm³/mol. The maximum absolute atomic E-state index is 10.8. The van der Waals surface area contributed by atoms with E-state index in [0.717, 1.165) is 0 Å². The summed E-state index contributed by atoms with van der Waals surface area (Å²) in [6.07, 6.45) is -1.32. The van der Waals surface area contributed by atoms with Crippen molar-refractivity contribution in [1.29, 1.82) is 0 Å². The fraction of sp³-hybridized carbons (Fsp3) is 0.538. The molecule has 23 heavy (non-hydrogen) atoms. The first-order chi connectivity index (χ1) is 10.3. The minimum absolute atomic E-state index is 0. The van der Waals surface area contributed by atoms with Gasteiger partial charge in [-0.15, -0.1) is 0 Å². The van der Waals surface area contributed by atoms with Crippen molar-refractivity contribution in [2.45, 2.75) is 13.0 Å². The van der Waals surface area contributed by atoms with E-state index >= 15 is 0 Å². The Morgan fingerprint density at radius 2 is 1.70 bits per heavy atom. The Morgan fingerprint density at radius 3 is 2.09 bits per heavy atom.